The zero-order valence-electron chi connectivity index (χ0n) is 14.6. The van der Waals surface area contributed by atoms with E-state index >= 15 is 0 Å². The molecular formula is C18H24N4OSi. The number of aromatic nitrogens is 3. The highest BCUT2D eigenvalue weighted by atomic mass is 28.3. The first kappa shape index (κ1) is 18.1. The number of hydrogen-bond acceptors (Lipinski definition) is 4. The molecule has 0 atom stereocenters. The van der Waals surface area contributed by atoms with E-state index < -0.39 is 8.07 Å². The third-order valence-electron chi connectivity index (χ3n) is 3.53. The fourth-order valence-corrected chi connectivity index (χ4v) is 2.93. The number of rotatable bonds is 8. The van der Waals surface area contributed by atoms with Crippen LogP contribution in [0.15, 0.2) is 36.8 Å². The Hall–Kier alpha value is -2.23. The summed E-state index contributed by atoms with van der Waals surface area (Å²) in [7, 11) is -1.09. The molecule has 0 aliphatic rings. The summed E-state index contributed by atoms with van der Waals surface area (Å²) in [6.45, 7) is 8.22. The maximum absolute atomic E-state index is 8.76. The third kappa shape index (κ3) is 6.11. The number of ether oxygens (including phenoxy) is 1. The van der Waals surface area contributed by atoms with Crippen molar-refractivity contribution in [2.45, 2.75) is 38.8 Å². The topological polar surface area (TPSA) is 63.7 Å². The standard InChI is InChI=1S/C18H24N4OSi/c1-24(2,3)12-11-23-15-22-14-17(21-18(22)5-4-8-19)13-16-6-9-20-10-7-16/h4-7,9-10,14H,11-13,15H2,1-3H3. The number of pyridine rings is 1. The van der Waals surface area contributed by atoms with Crippen molar-refractivity contribution < 1.29 is 4.74 Å². The van der Waals surface area contributed by atoms with E-state index in [1.807, 2.05) is 29.0 Å². The molecule has 0 aromatic carbocycles. The van der Waals surface area contributed by atoms with Gasteiger partial charge in [0.15, 0.2) is 0 Å². The molecule has 0 unspecified atom stereocenters. The number of nitriles is 1. The Morgan fingerprint density at radius 3 is 2.71 bits per heavy atom. The van der Waals surface area contributed by atoms with Crippen molar-refractivity contribution in [3.63, 3.8) is 0 Å². The van der Waals surface area contributed by atoms with E-state index in [9.17, 15) is 0 Å². The molecule has 0 bridgehead atoms. The van der Waals surface area contributed by atoms with E-state index in [2.05, 4.69) is 29.6 Å². The summed E-state index contributed by atoms with van der Waals surface area (Å²) in [6, 6.07) is 7.11. The second kappa shape index (κ2) is 8.57. The molecule has 0 saturated carbocycles. The van der Waals surface area contributed by atoms with Gasteiger partial charge in [0.05, 0.1) is 11.8 Å². The van der Waals surface area contributed by atoms with Gasteiger partial charge in [-0.2, -0.15) is 5.26 Å². The van der Waals surface area contributed by atoms with Crippen LogP contribution in [0.25, 0.3) is 6.08 Å². The normalized spacial score (nSPS) is 11.8. The summed E-state index contributed by atoms with van der Waals surface area (Å²) in [6.07, 6.45) is 9.45. The minimum atomic E-state index is -1.09. The SMILES string of the molecule is C[Si](C)(C)CCOCn1cc(Cc2ccncc2)nc1C=CC#N. The van der Waals surface area contributed by atoms with Crippen LogP contribution in [0.5, 0.6) is 0 Å². The molecule has 0 aliphatic carbocycles. The van der Waals surface area contributed by atoms with Crippen molar-refractivity contribution >= 4 is 14.1 Å². The largest absolute Gasteiger partial charge is 0.361 e. The lowest BCUT2D eigenvalue weighted by atomic mass is 10.1. The molecule has 0 N–H and O–H groups in total. The molecule has 0 spiro atoms. The zero-order valence-corrected chi connectivity index (χ0v) is 15.6. The van der Waals surface area contributed by atoms with Crippen LogP contribution in [-0.2, 0) is 17.9 Å². The van der Waals surface area contributed by atoms with Crippen LogP contribution in [0.1, 0.15) is 17.1 Å². The van der Waals surface area contributed by atoms with Crippen LogP contribution in [0, 0.1) is 11.3 Å². The monoisotopic (exact) mass is 340 g/mol. The minimum absolute atomic E-state index is 0.457. The Morgan fingerprint density at radius 2 is 2.04 bits per heavy atom. The molecule has 2 heterocycles. The van der Waals surface area contributed by atoms with E-state index in [0.717, 1.165) is 36.2 Å². The quantitative estimate of drug-likeness (QED) is 0.417. The fraction of sp³-hybridized carbons (Fsp3) is 0.389. The molecule has 6 heteroatoms. The highest BCUT2D eigenvalue weighted by molar-refractivity contribution is 6.76. The van der Waals surface area contributed by atoms with E-state index in [1.165, 1.54) is 6.08 Å². The first-order chi connectivity index (χ1) is 11.5. The van der Waals surface area contributed by atoms with Gasteiger partial charge in [-0.1, -0.05) is 19.6 Å². The second-order valence-corrected chi connectivity index (χ2v) is 12.5. The maximum atomic E-state index is 8.76. The maximum Gasteiger partial charge on any atom is 0.135 e. The van der Waals surface area contributed by atoms with Crippen LogP contribution < -0.4 is 0 Å². The van der Waals surface area contributed by atoms with Crippen molar-refractivity contribution in [2.24, 2.45) is 0 Å². The molecular weight excluding hydrogens is 316 g/mol. The van der Waals surface area contributed by atoms with Crippen LogP contribution in [-0.4, -0.2) is 29.2 Å². The van der Waals surface area contributed by atoms with E-state index in [4.69, 9.17) is 10.00 Å². The summed E-state index contributed by atoms with van der Waals surface area (Å²) in [4.78, 5) is 8.63. The molecule has 0 amide bonds. The van der Waals surface area contributed by atoms with Gasteiger partial charge in [0.2, 0.25) is 0 Å². The summed E-state index contributed by atoms with van der Waals surface area (Å²) in [5.41, 5.74) is 2.11. The lowest BCUT2D eigenvalue weighted by Crippen LogP contribution is -2.22. The van der Waals surface area contributed by atoms with Crippen LogP contribution in [0.2, 0.25) is 25.7 Å². The van der Waals surface area contributed by atoms with Crippen LogP contribution in [0.3, 0.4) is 0 Å². The van der Waals surface area contributed by atoms with Crippen molar-refractivity contribution in [1.29, 1.82) is 5.26 Å². The third-order valence-corrected chi connectivity index (χ3v) is 5.23. The van der Waals surface area contributed by atoms with Crippen molar-refractivity contribution in [1.82, 2.24) is 14.5 Å². The molecule has 0 aliphatic heterocycles. The van der Waals surface area contributed by atoms with E-state index in [0.29, 0.717) is 6.73 Å². The van der Waals surface area contributed by atoms with Crippen LogP contribution in [0.4, 0.5) is 0 Å². The summed E-state index contributed by atoms with van der Waals surface area (Å²) in [5.74, 6) is 0.744. The smallest absolute Gasteiger partial charge is 0.135 e. The minimum Gasteiger partial charge on any atom is -0.361 e. The Kier molecular flexibility index (Phi) is 6.47. The first-order valence-electron chi connectivity index (χ1n) is 8.07. The Balaban J connectivity index is 2.05. The molecule has 0 saturated heterocycles. The number of hydrogen-bond donors (Lipinski definition) is 0. The van der Waals surface area contributed by atoms with Crippen molar-refractivity contribution in [2.75, 3.05) is 6.61 Å². The molecule has 0 fully saturated rings. The Labute approximate surface area is 144 Å². The highest BCUT2D eigenvalue weighted by Crippen LogP contribution is 2.12. The molecule has 0 radical (unpaired) electrons. The fourth-order valence-electron chi connectivity index (χ4n) is 2.17. The summed E-state index contributed by atoms with van der Waals surface area (Å²) < 4.78 is 7.76. The first-order valence-corrected chi connectivity index (χ1v) is 11.8. The average molecular weight is 341 g/mol. The van der Waals surface area contributed by atoms with Crippen molar-refractivity contribution in [3.8, 4) is 6.07 Å². The van der Waals surface area contributed by atoms with Gasteiger partial charge >= 0.3 is 0 Å². The van der Waals surface area contributed by atoms with Gasteiger partial charge in [0.25, 0.3) is 0 Å². The molecule has 24 heavy (non-hydrogen) atoms. The van der Waals surface area contributed by atoms with Gasteiger partial charge < -0.3 is 9.30 Å². The predicted octanol–water partition coefficient (Wildman–Crippen LogP) is 3.72. The van der Waals surface area contributed by atoms with Crippen LogP contribution >= 0.6 is 0 Å². The molecule has 2 rings (SSSR count). The zero-order chi connectivity index (χ0) is 17.4. The van der Waals surface area contributed by atoms with Gasteiger partial charge in [0, 0.05) is 45.8 Å². The molecule has 2 aromatic heterocycles. The van der Waals surface area contributed by atoms with E-state index in [-0.39, 0.29) is 0 Å². The predicted molar refractivity (Wildman–Crippen MR) is 98.0 cm³/mol. The molecule has 126 valence electrons. The van der Waals surface area contributed by atoms with Gasteiger partial charge in [-0.3, -0.25) is 4.98 Å². The average Bonchev–Trinajstić information content (AvgIpc) is 2.91. The van der Waals surface area contributed by atoms with Gasteiger partial charge in [0.1, 0.15) is 12.6 Å². The summed E-state index contributed by atoms with van der Waals surface area (Å²) >= 11 is 0. The Bertz CT molecular complexity index is 711. The van der Waals surface area contributed by atoms with Gasteiger partial charge in [-0.15, -0.1) is 0 Å². The summed E-state index contributed by atoms with van der Waals surface area (Å²) in [5, 5.41) is 8.76. The molecule has 5 nitrogen and oxygen atoms in total. The van der Waals surface area contributed by atoms with Gasteiger partial charge in [-0.25, -0.2) is 4.98 Å². The number of imidazole rings is 1. The highest BCUT2D eigenvalue weighted by Gasteiger charge is 2.12. The van der Waals surface area contributed by atoms with Gasteiger partial charge in [-0.05, 0) is 29.8 Å². The Morgan fingerprint density at radius 1 is 1.29 bits per heavy atom. The second-order valence-electron chi connectivity index (χ2n) is 6.90. The lowest BCUT2D eigenvalue weighted by molar-refractivity contribution is 0.0867. The van der Waals surface area contributed by atoms with Crippen molar-refractivity contribution in [3.05, 3.63) is 53.9 Å². The molecule has 2 aromatic rings. The number of nitrogens with zero attached hydrogens (tertiary/aromatic N) is 4. The van der Waals surface area contributed by atoms with E-state index in [1.54, 1.807) is 18.5 Å². The lowest BCUT2D eigenvalue weighted by Gasteiger charge is -2.15. The number of allylic oxidation sites excluding steroid dienone is 1.